The van der Waals surface area contributed by atoms with Gasteiger partial charge in [0.2, 0.25) is 0 Å². The molecule has 0 saturated heterocycles. The number of aromatic nitrogens is 1. The zero-order valence-corrected chi connectivity index (χ0v) is 15.2. The fourth-order valence-electron chi connectivity index (χ4n) is 2.61. The highest BCUT2D eigenvalue weighted by Crippen LogP contribution is 2.15. The summed E-state index contributed by atoms with van der Waals surface area (Å²) in [7, 11) is 0. The van der Waals surface area contributed by atoms with Crippen molar-refractivity contribution in [3.05, 3.63) is 84.2 Å². The third-order valence-corrected chi connectivity index (χ3v) is 4.12. The van der Waals surface area contributed by atoms with Gasteiger partial charge in [0, 0.05) is 29.3 Å². The monoisotopic (exact) mass is 362 g/mol. The van der Waals surface area contributed by atoms with Gasteiger partial charge in [-0.25, -0.2) is 4.79 Å². The van der Waals surface area contributed by atoms with E-state index in [1.807, 2.05) is 48.1 Å². The van der Waals surface area contributed by atoms with Crippen LogP contribution in [0.1, 0.15) is 40.5 Å². The first-order chi connectivity index (χ1) is 13.2. The Morgan fingerprint density at radius 3 is 2.41 bits per heavy atom. The number of amides is 1. The fraction of sp³-hybridized carbons (Fsp3) is 0.182. The lowest BCUT2D eigenvalue weighted by molar-refractivity contribution is 0.0499. The minimum absolute atomic E-state index is 0.231. The van der Waals surface area contributed by atoms with E-state index in [0.717, 1.165) is 18.5 Å². The second-order valence-corrected chi connectivity index (χ2v) is 6.16. The Balaban J connectivity index is 1.65. The van der Waals surface area contributed by atoms with E-state index in [9.17, 15) is 9.59 Å². The highest BCUT2D eigenvalue weighted by molar-refractivity contribution is 6.05. The standard InChI is InChI=1S/C22H22N2O3/c1-2-3-15-27-22(26)18-7-6-8-19(16-18)23-21(25)17-9-11-20(12-10-17)24-13-4-5-14-24/h4-14,16H,2-3,15H2,1H3,(H,23,25). The number of anilines is 1. The summed E-state index contributed by atoms with van der Waals surface area (Å²) in [5.74, 6) is -0.610. The molecule has 0 fully saturated rings. The topological polar surface area (TPSA) is 60.3 Å². The number of esters is 1. The third-order valence-electron chi connectivity index (χ3n) is 4.12. The van der Waals surface area contributed by atoms with Crippen LogP contribution in [0.4, 0.5) is 5.69 Å². The Morgan fingerprint density at radius 2 is 1.70 bits per heavy atom. The van der Waals surface area contributed by atoms with Crippen molar-refractivity contribution >= 4 is 17.6 Å². The predicted octanol–water partition coefficient (Wildman–Crippen LogP) is 4.69. The van der Waals surface area contributed by atoms with Crippen molar-refractivity contribution in [2.24, 2.45) is 0 Å². The Kier molecular flexibility index (Phi) is 6.05. The molecule has 1 N–H and O–H groups in total. The van der Waals surface area contributed by atoms with Gasteiger partial charge in [-0.05, 0) is 61.0 Å². The zero-order valence-electron chi connectivity index (χ0n) is 15.2. The predicted molar refractivity (Wildman–Crippen MR) is 105 cm³/mol. The van der Waals surface area contributed by atoms with Crippen molar-refractivity contribution in [1.82, 2.24) is 4.57 Å². The van der Waals surface area contributed by atoms with Gasteiger partial charge in [0.05, 0.1) is 12.2 Å². The summed E-state index contributed by atoms with van der Waals surface area (Å²) in [4.78, 5) is 24.5. The molecule has 1 amide bonds. The summed E-state index contributed by atoms with van der Waals surface area (Å²) in [6.45, 7) is 2.44. The molecular weight excluding hydrogens is 340 g/mol. The van der Waals surface area contributed by atoms with Crippen molar-refractivity contribution in [3.63, 3.8) is 0 Å². The molecule has 5 heteroatoms. The molecule has 0 atom stereocenters. The number of carbonyl (C=O) groups is 2. The first kappa shape index (κ1) is 18.5. The third kappa shape index (κ3) is 4.85. The van der Waals surface area contributed by atoms with Gasteiger partial charge < -0.3 is 14.6 Å². The molecule has 2 aromatic carbocycles. The van der Waals surface area contributed by atoms with Crippen molar-refractivity contribution in [3.8, 4) is 5.69 Å². The maximum atomic E-state index is 12.5. The number of rotatable bonds is 7. The van der Waals surface area contributed by atoms with Crippen LogP contribution in [-0.2, 0) is 4.74 Å². The van der Waals surface area contributed by atoms with Crippen molar-refractivity contribution < 1.29 is 14.3 Å². The van der Waals surface area contributed by atoms with E-state index < -0.39 is 0 Å². The van der Waals surface area contributed by atoms with Crippen LogP contribution in [-0.4, -0.2) is 23.1 Å². The lowest BCUT2D eigenvalue weighted by Gasteiger charge is -2.09. The lowest BCUT2D eigenvalue weighted by Crippen LogP contribution is -2.13. The second-order valence-electron chi connectivity index (χ2n) is 6.16. The van der Waals surface area contributed by atoms with Crippen LogP contribution in [0.25, 0.3) is 5.69 Å². The zero-order chi connectivity index (χ0) is 19.1. The van der Waals surface area contributed by atoms with Gasteiger partial charge in [-0.2, -0.15) is 0 Å². The van der Waals surface area contributed by atoms with Gasteiger partial charge in [0.15, 0.2) is 0 Å². The Bertz CT molecular complexity index is 900. The number of carbonyl (C=O) groups excluding carboxylic acids is 2. The summed E-state index contributed by atoms with van der Waals surface area (Å²) in [5, 5.41) is 2.82. The minimum Gasteiger partial charge on any atom is -0.462 e. The number of benzene rings is 2. The maximum Gasteiger partial charge on any atom is 0.338 e. The molecule has 0 aliphatic heterocycles. The average Bonchev–Trinajstić information content (AvgIpc) is 3.23. The summed E-state index contributed by atoms with van der Waals surface area (Å²) in [5.41, 5.74) is 2.50. The summed E-state index contributed by atoms with van der Waals surface area (Å²) in [6.07, 6.45) is 5.69. The first-order valence-corrected chi connectivity index (χ1v) is 8.99. The summed E-state index contributed by atoms with van der Waals surface area (Å²) < 4.78 is 7.18. The molecular formula is C22H22N2O3. The van der Waals surface area contributed by atoms with E-state index in [0.29, 0.717) is 23.4 Å². The molecule has 1 heterocycles. The molecule has 0 spiro atoms. The van der Waals surface area contributed by atoms with Crippen molar-refractivity contribution in [1.29, 1.82) is 0 Å². The van der Waals surface area contributed by atoms with E-state index in [2.05, 4.69) is 5.32 Å². The summed E-state index contributed by atoms with van der Waals surface area (Å²) in [6, 6.07) is 18.0. The van der Waals surface area contributed by atoms with Gasteiger partial charge in [0.25, 0.3) is 5.91 Å². The molecule has 0 aliphatic carbocycles. The van der Waals surface area contributed by atoms with E-state index in [4.69, 9.17) is 4.74 Å². The van der Waals surface area contributed by atoms with E-state index in [1.165, 1.54) is 0 Å². The number of ether oxygens (including phenoxy) is 1. The molecule has 1 aromatic heterocycles. The van der Waals surface area contributed by atoms with Gasteiger partial charge in [-0.1, -0.05) is 19.4 Å². The van der Waals surface area contributed by atoms with Gasteiger partial charge >= 0.3 is 5.97 Å². The fourth-order valence-corrected chi connectivity index (χ4v) is 2.61. The molecule has 0 radical (unpaired) electrons. The van der Waals surface area contributed by atoms with Gasteiger partial charge in [-0.15, -0.1) is 0 Å². The SMILES string of the molecule is CCCCOC(=O)c1cccc(NC(=O)c2ccc(-n3cccc3)cc2)c1. The van der Waals surface area contributed by atoms with Crippen LogP contribution >= 0.6 is 0 Å². The van der Waals surface area contributed by atoms with Crippen molar-refractivity contribution in [2.45, 2.75) is 19.8 Å². The molecule has 0 bridgehead atoms. The number of unbranched alkanes of at least 4 members (excludes halogenated alkanes) is 1. The van der Waals surface area contributed by atoms with Crippen molar-refractivity contribution in [2.75, 3.05) is 11.9 Å². The maximum absolute atomic E-state index is 12.5. The molecule has 0 unspecified atom stereocenters. The van der Waals surface area contributed by atoms with Crippen LogP contribution < -0.4 is 5.32 Å². The van der Waals surface area contributed by atoms with Gasteiger partial charge in [0.1, 0.15) is 0 Å². The smallest absolute Gasteiger partial charge is 0.338 e. The van der Waals surface area contributed by atoms with Crippen LogP contribution in [0, 0.1) is 0 Å². The molecule has 138 valence electrons. The highest BCUT2D eigenvalue weighted by atomic mass is 16.5. The molecule has 0 aliphatic rings. The van der Waals surface area contributed by atoms with E-state index in [1.54, 1.807) is 36.4 Å². The largest absolute Gasteiger partial charge is 0.462 e. The molecule has 3 rings (SSSR count). The molecule has 5 nitrogen and oxygen atoms in total. The molecule has 0 saturated carbocycles. The van der Waals surface area contributed by atoms with Crippen LogP contribution in [0.2, 0.25) is 0 Å². The normalized spacial score (nSPS) is 10.4. The molecule has 3 aromatic rings. The highest BCUT2D eigenvalue weighted by Gasteiger charge is 2.10. The number of hydrogen-bond acceptors (Lipinski definition) is 3. The van der Waals surface area contributed by atoms with E-state index >= 15 is 0 Å². The second kappa shape index (κ2) is 8.85. The quantitative estimate of drug-likeness (QED) is 0.490. The first-order valence-electron chi connectivity index (χ1n) is 8.99. The number of nitrogens with one attached hydrogen (secondary N) is 1. The Morgan fingerprint density at radius 1 is 0.963 bits per heavy atom. The van der Waals surface area contributed by atoms with Crippen LogP contribution in [0.3, 0.4) is 0 Å². The van der Waals surface area contributed by atoms with Crippen LogP contribution in [0.5, 0.6) is 0 Å². The van der Waals surface area contributed by atoms with Crippen LogP contribution in [0.15, 0.2) is 73.1 Å². The Labute approximate surface area is 158 Å². The van der Waals surface area contributed by atoms with E-state index in [-0.39, 0.29) is 11.9 Å². The number of nitrogens with zero attached hydrogens (tertiary/aromatic N) is 1. The Hall–Kier alpha value is -3.34. The minimum atomic E-state index is -0.379. The number of hydrogen-bond donors (Lipinski definition) is 1. The lowest BCUT2D eigenvalue weighted by atomic mass is 10.1. The average molecular weight is 362 g/mol. The summed E-state index contributed by atoms with van der Waals surface area (Å²) >= 11 is 0. The molecule has 27 heavy (non-hydrogen) atoms. The van der Waals surface area contributed by atoms with Gasteiger partial charge in [-0.3, -0.25) is 4.79 Å².